The highest BCUT2D eigenvalue weighted by molar-refractivity contribution is 6.30. The van der Waals surface area contributed by atoms with E-state index in [2.05, 4.69) is 4.74 Å². The molecule has 1 aromatic rings. The fraction of sp³-hybridized carbons (Fsp3) is 0.500. The van der Waals surface area contributed by atoms with Crippen molar-refractivity contribution in [2.75, 3.05) is 20.2 Å². The van der Waals surface area contributed by atoms with Gasteiger partial charge in [0.1, 0.15) is 5.38 Å². The molecule has 0 heterocycles. The van der Waals surface area contributed by atoms with Gasteiger partial charge in [-0.25, -0.2) is 0 Å². The van der Waals surface area contributed by atoms with Crippen LogP contribution < -0.4 is 0 Å². The van der Waals surface area contributed by atoms with E-state index in [4.69, 9.17) is 11.6 Å². The Bertz CT molecular complexity index is 462. The number of halogens is 1. The molecule has 0 N–H and O–H groups in total. The molecular formula is C16H22ClNO3. The minimum absolute atomic E-state index is 0.174. The molecule has 0 saturated carbocycles. The van der Waals surface area contributed by atoms with Crippen molar-refractivity contribution in [2.24, 2.45) is 5.92 Å². The average Bonchev–Trinajstić information content (AvgIpc) is 2.50. The standard InChI is InChI=1S/C16H22ClNO3/c1-12(2)11-18(10-9-14(19)21-3)16(20)15(17)13-7-5-4-6-8-13/h4-8,12,15H,9-11H2,1-3H3. The zero-order chi connectivity index (χ0) is 15.8. The van der Waals surface area contributed by atoms with Gasteiger partial charge in [-0.2, -0.15) is 0 Å². The number of amides is 1. The second kappa shape index (κ2) is 8.67. The molecule has 0 aliphatic heterocycles. The minimum Gasteiger partial charge on any atom is -0.469 e. The molecule has 0 aliphatic rings. The van der Waals surface area contributed by atoms with Crippen LogP contribution in [0.1, 0.15) is 31.2 Å². The maximum absolute atomic E-state index is 12.5. The summed E-state index contributed by atoms with van der Waals surface area (Å²) in [6.45, 7) is 4.92. The second-order valence-corrected chi connectivity index (χ2v) is 5.71. The number of carbonyl (C=O) groups excluding carboxylic acids is 2. The zero-order valence-corrected chi connectivity index (χ0v) is 13.5. The zero-order valence-electron chi connectivity index (χ0n) is 12.7. The van der Waals surface area contributed by atoms with Crippen LogP contribution in [0, 0.1) is 5.92 Å². The normalized spacial score (nSPS) is 12.0. The van der Waals surface area contributed by atoms with Gasteiger partial charge in [0.25, 0.3) is 0 Å². The fourth-order valence-corrected chi connectivity index (χ4v) is 2.27. The van der Waals surface area contributed by atoms with Gasteiger partial charge in [0.05, 0.1) is 13.5 Å². The third-order valence-corrected chi connectivity index (χ3v) is 3.46. The number of esters is 1. The van der Waals surface area contributed by atoms with Gasteiger partial charge < -0.3 is 9.64 Å². The summed E-state index contributed by atoms with van der Waals surface area (Å²) in [6, 6.07) is 9.21. The third kappa shape index (κ3) is 5.76. The smallest absolute Gasteiger partial charge is 0.307 e. The van der Waals surface area contributed by atoms with Crippen LogP contribution in [-0.2, 0) is 14.3 Å². The summed E-state index contributed by atoms with van der Waals surface area (Å²) < 4.78 is 4.62. The van der Waals surface area contributed by atoms with Crippen molar-refractivity contribution in [1.82, 2.24) is 4.90 Å². The van der Waals surface area contributed by atoms with Gasteiger partial charge in [-0.1, -0.05) is 44.2 Å². The van der Waals surface area contributed by atoms with Crippen LogP contribution in [0.15, 0.2) is 30.3 Å². The minimum atomic E-state index is -0.734. The predicted molar refractivity (Wildman–Crippen MR) is 83.1 cm³/mol. The van der Waals surface area contributed by atoms with E-state index in [1.54, 1.807) is 4.90 Å². The van der Waals surface area contributed by atoms with Crippen molar-refractivity contribution < 1.29 is 14.3 Å². The van der Waals surface area contributed by atoms with E-state index in [0.29, 0.717) is 19.0 Å². The summed E-state index contributed by atoms with van der Waals surface area (Å²) in [5.41, 5.74) is 0.760. The highest BCUT2D eigenvalue weighted by Crippen LogP contribution is 2.23. The molecular weight excluding hydrogens is 290 g/mol. The number of nitrogens with zero attached hydrogens (tertiary/aromatic N) is 1. The molecule has 0 radical (unpaired) electrons. The predicted octanol–water partition coefficient (Wildman–Crippen LogP) is 3.01. The molecule has 21 heavy (non-hydrogen) atoms. The maximum atomic E-state index is 12.5. The molecule has 5 heteroatoms. The molecule has 0 bridgehead atoms. The Labute approximate surface area is 131 Å². The Balaban J connectivity index is 2.76. The highest BCUT2D eigenvalue weighted by Gasteiger charge is 2.24. The van der Waals surface area contributed by atoms with Crippen LogP contribution in [0.4, 0.5) is 0 Å². The topological polar surface area (TPSA) is 46.6 Å². The first kappa shape index (κ1) is 17.5. The molecule has 116 valence electrons. The van der Waals surface area contributed by atoms with Gasteiger partial charge in [-0.15, -0.1) is 11.6 Å². The lowest BCUT2D eigenvalue weighted by Gasteiger charge is -2.26. The fourth-order valence-electron chi connectivity index (χ4n) is 1.99. The largest absolute Gasteiger partial charge is 0.469 e. The van der Waals surface area contributed by atoms with Gasteiger partial charge in [0.15, 0.2) is 0 Å². The van der Waals surface area contributed by atoms with Crippen LogP contribution in [0.25, 0.3) is 0 Å². The van der Waals surface area contributed by atoms with Crippen molar-refractivity contribution in [3.8, 4) is 0 Å². The van der Waals surface area contributed by atoms with E-state index in [1.807, 2.05) is 44.2 Å². The van der Waals surface area contributed by atoms with Crippen LogP contribution in [0.5, 0.6) is 0 Å². The second-order valence-electron chi connectivity index (χ2n) is 5.28. The van der Waals surface area contributed by atoms with E-state index >= 15 is 0 Å². The maximum Gasteiger partial charge on any atom is 0.307 e. The van der Waals surface area contributed by atoms with Crippen LogP contribution in [0.3, 0.4) is 0 Å². The Hall–Kier alpha value is -1.55. The van der Waals surface area contributed by atoms with Crippen molar-refractivity contribution in [3.63, 3.8) is 0 Å². The first-order valence-corrected chi connectivity index (χ1v) is 7.44. The van der Waals surface area contributed by atoms with Crippen molar-refractivity contribution in [3.05, 3.63) is 35.9 Å². The van der Waals surface area contributed by atoms with Crippen LogP contribution >= 0.6 is 11.6 Å². The molecule has 1 aromatic carbocycles. The number of hydrogen-bond donors (Lipinski definition) is 0. The lowest BCUT2D eigenvalue weighted by atomic mass is 10.1. The van der Waals surface area contributed by atoms with Gasteiger partial charge in [-0.05, 0) is 11.5 Å². The third-order valence-electron chi connectivity index (χ3n) is 3.02. The average molecular weight is 312 g/mol. The Morgan fingerprint density at radius 1 is 1.24 bits per heavy atom. The lowest BCUT2D eigenvalue weighted by Crippen LogP contribution is -2.38. The molecule has 1 amide bonds. The summed E-state index contributed by atoms with van der Waals surface area (Å²) in [6.07, 6.45) is 0.174. The van der Waals surface area contributed by atoms with Crippen LogP contribution in [-0.4, -0.2) is 37.0 Å². The SMILES string of the molecule is COC(=O)CCN(CC(C)C)C(=O)C(Cl)c1ccccc1. The number of carbonyl (C=O) groups is 2. The van der Waals surface area contributed by atoms with Gasteiger partial charge in [-0.3, -0.25) is 9.59 Å². The molecule has 1 atom stereocenters. The summed E-state index contributed by atoms with van der Waals surface area (Å²) in [5.74, 6) is -0.214. The van der Waals surface area contributed by atoms with Crippen molar-refractivity contribution in [1.29, 1.82) is 0 Å². The molecule has 0 aromatic heterocycles. The first-order valence-electron chi connectivity index (χ1n) is 7.00. The number of methoxy groups -OCH3 is 1. The molecule has 0 spiro atoms. The Morgan fingerprint density at radius 3 is 2.38 bits per heavy atom. The quantitative estimate of drug-likeness (QED) is 0.574. The summed E-state index contributed by atoms with van der Waals surface area (Å²) in [5, 5.41) is -0.734. The van der Waals surface area contributed by atoms with Gasteiger partial charge >= 0.3 is 5.97 Å². The summed E-state index contributed by atoms with van der Waals surface area (Å²) in [4.78, 5) is 25.4. The van der Waals surface area contributed by atoms with Gasteiger partial charge in [0, 0.05) is 13.1 Å². The van der Waals surface area contributed by atoms with Gasteiger partial charge in [0.2, 0.25) is 5.91 Å². The van der Waals surface area contributed by atoms with E-state index in [9.17, 15) is 9.59 Å². The van der Waals surface area contributed by atoms with Crippen molar-refractivity contribution in [2.45, 2.75) is 25.6 Å². The Kier molecular flexibility index (Phi) is 7.23. The molecule has 1 unspecified atom stereocenters. The monoisotopic (exact) mass is 311 g/mol. The number of alkyl halides is 1. The first-order chi connectivity index (χ1) is 9.95. The Morgan fingerprint density at radius 2 is 1.86 bits per heavy atom. The number of rotatable bonds is 7. The highest BCUT2D eigenvalue weighted by atomic mass is 35.5. The molecule has 4 nitrogen and oxygen atoms in total. The molecule has 0 saturated heterocycles. The van der Waals surface area contributed by atoms with E-state index < -0.39 is 5.38 Å². The molecule has 0 aliphatic carbocycles. The van der Waals surface area contributed by atoms with Crippen molar-refractivity contribution >= 4 is 23.5 Å². The molecule has 1 rings (SSSR count). The number of hydrogen-bond acceptors (Lipinski definition) is 3. The summed E-state index contributed by atoms with van der Waals surface area (Å²) >= 11 is 6.28. The van der Waals surface area contributed by atoms with E-state index in [-0.39, 0.29) is 18.3 Å². The molecule has 0 fully saturated rings. The van der Waals surface area contributed by atoms with Crippen LogP contribution in [0.2, 0.25) is 0 Å². The lowest BCUT2D eigenvalue weighted by molar-refractivity contribution is -0.141. The van der Waals surface area contributed by atoms with E-state index in [1.165, 1.54) is 7.11 Å². The number of benzene rings is 1. The summed E-state index contributed by atoms with van der Waals surface area (Å²) in [7, 11) is 1.34. The van der Waals surface area contributed by atoms with E-state index in [0.717, 1.165) is 5.56 Å². The number of ether oxygens (including phenoxy) is 1.